The molecule has 0 aliphatic heterocycles. The number of rotatable bonds is 2. The summed E-state index contributed by atoms with van der Waals surface area (Å²) in [6.45, 7) is 37.4. The second-order valence-corrected chi connectivity index (χ2v) is 13.4. The maximum Gasteiger partial charge on any atom is -0.000754 e. The van der Waals surface area contributed by atoms with E-state index in [1.165, 1.54) is 122 Å². The van der Waals surface area contributed by atoms with Crippen molar-refractivity contribution >= 4 is 0 Å². The van der Waals surface area contributed by atoms with Gasteiger partial charge in [-0.3, -0.25) is 0 Å². The summed E-state index contributed by atoms with van der Waals surface area (Å²) in [5.74, 6) is 0. The van der Waals surface area contributed by atoms with Crippen molar-refractivity contribution in [2.24, 2.45) is 0 Å². The van der Waals surface area contributed by atoms with E-state index in [4.69, 9.17) is 0 Å². The number of hydrogen-bond donors (Lipinski definition) is 0. The molecule has 0 amide bonds. The molecular weight excluding hydrogens is 492 g/mol. The van der Waals surface area contributed by atoms with Crippen molar-refractivity contribution in [3.8, 4) is 33.4 Å². The van der Waals surface area contributed by atoms with Crippen LogP contribution < -0.4 is 0 Å². The van der Waals surface area contributed by atoms with Crippen LogP contribution in [0.2, 0.25) is 0 Å². The first kappa shape index (κ1) is 29.4. The van der Waals surface area contributed by atoms with Gasteiger partial charge in [0.15, 0.2) is 0 Å². The van der Waals surface area contributed by atoms with Gasteiger partial charge in [0.2, 0.25) is 0 Å². The van der Waals surface area contributed by atoms with Crippen molar-refractivity contribution in [3.63, 3.8) is 0 Å². The van der Waals surface area contributed by atoms with Gasteiger partial charge in [-0.05, 0) is 251 Å². The lowest BCUT2D eigenvalue weighted by atomic mass is 9.78. The molecule has 1 aliphatic rings. The van der Waals surface area contributed by atoms with Crippen molar-refractivity contribution < 1.29 is 0 Å². The maximum atomic E-state index is 2.40. The zero-order chi connectivity index (χ0) is 30.6. The molecule has 0 saturated heterocycles. The quantitative estimate of drug-likeness (QED) is 0.208. The van der Waals surface area contributed by atoms with Crippen molar-refractivity contribution in [2.75, 3.05) is 0 Å². The minimum atomic E-state index is 1.02. The lowest BCUT2D eigenvalue weighted by Crippen LogP contribution is -2.05. The van der Waals surface area contributed by atoms with Crippen molar-refractivity contribution in [3.05, 3.63) is 100 Å². The van der Waals surface area contributed by atoms with Crippen molar-refractivity contribution in [1.82, 2.24) is 0 Å². The van der Waals surface area contributed by atoms with E-state index in [9.17, 15) is 0 Å². The third-order valence-corrected chi connectivity index (χ3v) is 12.0. The van der Waals surface area contributed by atoms with E-state index in [0.717, 1.165) is 6.42 Å². The lowest BCUT2D eigenvalue weighted by Gasteiger charge is -2.26. The Morgan fingerprint density at radius 1 is 0.195 bits per heavy atom. The molecule has 1 aliphatic carbocycles. The van der Waals surface area contributed by atoms with Crippen LogP contribution in [0.4, 0.5) is 0 Å². The Hall–Kier alpha value is -3.12. The van der Waals surface area contributed by atoms with Crippen LogP contribution in [0.15, 0.2) is 0 Å². The van der Waals surface area contributed by atoms with E-state index < -0.39 is 0 Å². The molecule has 0 radical (unpaired) electrons. The summed E-state index contributed by atoms with van der Waals surface area (Å²) < 4.78 is 0. The summed E-state index contributed by atoms with van der Waals surface area (Å²) in [7, 11) is 0. The highest BCUT2D eigenvalue weighted by Gasteiger charge is 2.32. The molecule has 0 heteroatoms. The third-order valence-electron chi connectivity index (χ3n) is 12.0. The monoisotopic (exact) mass is 542 g/mol. The summed E-state index contributed by atoms with van der Waals surface area (Å²) in [6, 6.07) is 0. The summed E-state index contributed by atoms with van der Waals surface area (Å²) in [5.41, 5.74) is 35.1. The van der Waals surface area contributed by atoms with Crippen molar-refractivity contribution in [2.45, 2.75) is 117 Å². The van der Waals surface area contributed by atoms with Crippen LogP contribution in [0.1, 0.15) is 100 Å². The summed E-state index contributed by atoms with van der Waals surface area (Å²) >= 11 is 0. The Morgan fingerprint density at radius 3 is 0.634 bits per heavy atom. The van der Waals surface area contributed by atoms with Crippen LogP contribution in [0.25, 0.3) is 33.4 Å². The minimum absolute atomic E-state index is 1.02. The van der Waals surface area contributed by atoms with Crippen molar-refractivity contribution in [1.29, 1.82) is 0 Å². The van der Waals surface area contributed by atoms with Gasteiger partial charge in [-0.1, -0.05) is 0 Å². The molecule has 4 aromatic carbocycles. The maximum absolute atomic E-state index is 2.40. The Morgan fingerprint density at radius 2 is 0.366 bits per heavy atom. The molecule has 0 N–H and O–H groups in total. The topological polar surface area (TPSA) is 0 Å². The first-order valence-corrected chi connectivity index (χ1v) is 15.5. The fourth-order valence-corrected chi connectivity index (χ4v) is 8.24. The van der Waals surface area contributed by atoms with Gasteiger partial charge in [-0.25, -0.2) is 0 Å². The Kier molecular flexibility index (Phi) is 6.97. The zero-order valence-electron chi connectivity index (χ0n) is 28.7. The molecule has 0 unspecified atom stereocenters. The van der Waals surface area contributed by atoms with Gasteiger partial charge in [0.05, 0.1) is 0 Å². The molecule has 0 spiro atoms. The molecule has 4 aromatic rings. The van der Waals surface area contributed by atoms with Gasteiger partial charge in [0, 0.05) is 0 Å². The molecule has 0 aromatic heterocycles. The zero-order valence-corrected chi connectivity index (χ0v) is 28.7. The molecule has 0 saturated carbocycles. The van der Waals surface area contributed by atoms with E-state index in [-0.39, 0.29) is 0 Å². The predicted molar refractivity (Wildman–Crippen MR) is 181 cm³/mol. The molecule has 41 heavy (non-hydrogen) atoms. The fraction of sp³-hybridized carbons (Fsp3) is 0.415. The van der Waals surface area contributed by atoms with E-state index in [0.29, 0.717) is 0 Å². The first-order valence-electron chi connectivity index (χ1n) is 15.5. The highest BCUT2D eigenvalue weighted by Crippen LogP contribution is 2.52. The highest BCUT2D eigenvalue weighted by atomic mass is 14.4. The highest BCUT2D eigenvalue weighted by molar-refractivity contribution is 5.94. The van der Waals surface area contributed by atoms with E-state index in [1.54, 1.807) is 11.1 Å². The lowest BCUT2D eigenvalue weighted by molar-refractivity contribution is 1.14. The Bertz CT molecular complexity index is 1640. The van der Waals surface area contributed by atoms with Gasteiger partial charge in [-0.15, -0.1) is 0 Å². The van der Waals surface area contributed by atoms with Crippen LogP contribution in [0.5, 0.6) is 0 Å². The molecule has 0 atom stereocenters. The Labute approximate surface area is 250 Å². The third kappa shape index (κ3) is 3.78. The van der Waals surface area contributed by atoms with Crippen LogP contribution in [0.3, 0.4) is 0 Å². The largest absolute Gasteiger partial charge is 0.0447 e. The molecule has 0 heterocycles. The number of fused-ring (bicyclic) bond motifs is 3. The molecule has 0 bridgehead atoms. The summed E-state index contributed by atoms with van der Waals surface area (Å²) in [6.07, 6.45) is 1.02. The Balaban J connectivity index is 1.85. The second-order valence-electron chi connectivity index (χ2n) is 13.4. The number of hydrogen-bond acceptors (Lipinski definition) is 0. The first-order chi connectivity index (χ1) is 19.1. The molecular formula is C41H50. The minimum Gasteiger partial charge on any atom is -0.0447 e. The van der Waals surface area contributed by atoms with Gasteiger partial charge in [-0.2, -0.15) is 0 Å². The summed E-state index contributed by atoms with van der Waals surface area (Å²) in [5, 5.41) is 0. The molecule has 5 rings (SSSR count). The van der Waals surface area contributed by atoms with Gasteiger partial charge < -0.3 is 0 Å². The average Bonchev–Trinajstić information content (AvgIpc) is 3.35. The van der Waals surface area contributed by atoms with E-state index >= 15 is 0 Å². The summed E-state index contributed by atoms with van der Waals surface area (Å²) in [4.78, 5) is 0. The van der Waals surface area contributed by atoms with Gasteiger partial charge in [0.25, 0.3) is 0 Å². The SMILES string of the molecule is Cc1c(C)c(C)c(-c2c(C)c(C)c3c(c2C)Cc2c(C)c(-c4c(C)c(C)c(C)c(C)c4C)c(C)c(C)c2-3)c(C)c1C. The standard InChI is InChI=1S/C41H50/c1-18-20(3)24(7)36(25(8)21(18)4)38-28(11)30(13)40-34(32(38)15)17-35-33(16)39(29(12)31(14)41(35)40)37-26(9)22(5)19(2)23(6)27(37)10/h17H2,1-16H3. The van der Waals surface area contributed by atoms with E-state index in [1.807, 2.05) is 0 Å². The van der Waals surface area contributed by atoms with E-state index in [2.05, 4.69) is 111 Å². The molecule has 0 nitrogen and oxygen atoms in total. The molecule has 214 valence electrons. The van der Waals surface area contributed by atoms with Crippen LogP contribution in [-0.4, -0.2) is 0 Å². The normalized spacial score (nSPS) is 12.3. The van der Waals surface area contributed by atoms with Crippen LogP contribution in [0, 0.1) is 111 Å². The number of benzene rings is 4. The smallest absolute Gasteiger partial charge is 0.000754 e. The van der Waals surface area contributed by atoms with Crippen LogP contribution in [-0.2, 0) is 6.42 Å². The van der Waals surface area contributed by atoms with Crippen LogP contribution >= 0.6 is 0 Å². The van der Waals surface area contributed by atoms with Gasteiger partial charge >= 0.3 is 0 Å². The molecule has 0 fully saturated rings. The average molecular weight is 543 g/mol. The predicted octanol–water partition coefficient (Wildman–Crippen LogP) is 11.5. The second kappa shape index (κ2) is 9.72. The van der Waals surface area contributed by atoms with Gasteiger partial charge in [0.1, 0.15) is 0 Å². The fourth-order valence-electron chi connectivity index (χ4n) is 8.24.